The molecule has 2 N–H and O–H groups in total. The second-order valence-electron chi connectivity index (χ2n) is 7.79. The van der Waals surface area contributed by atoms with Crippen LogP contribution in [-0.4, -0.2) is 55.0 Å². The van der Waals surface area contributed by atoms with Gasteiger partial charge in [-0.2, -0.15) is 4.68 Å². The third kappa shape index (κ3) is 3.29. The van der Waals surface area contributed by atoms with E-state index in [0.717, 1.165) is 24.2 Å². The van der Waals surface area contributed by atoms with Crippen LogP contribution in [0.25, 0.3) is 5.69 Å². The number of urea groups is 1. The number of nitrogens with one attached hydrogen (secondary N) is 2. The van der Waals surface area contributed by atoms with Gasteiger partial charge in [0.05, 0.1) is 11.4 Å². The van der Waals surface area contributed by atoms with Gasteiger partial charge >= 0.3 is 6.03 Å². The SMILES string of the molecule is Cc1nnnn1-c1ccc(F)c(NC(=O)CN2C(=O)NC3(CCCCC3C)C2=O)c1. The number of aryl methyl sites for hydroxylation is 1. The molecular formula is C19H22FN7O3. The lowest BCUT2D eigenvalue weighted by molar-refractivity contribution is -0.136. The van der Waals surface area contributed by atoms with E-state index >= 15 is 0 Å². The molecule has 1 aliphatic carbocycles. The van der Waals surface area contributed by atoms with Crippen molar-refractivity contribution in [2.75, 3.05) is 11.9 Å². The van der Waals surface area contributed by atoms with E-state index in [1.165, 1.54) is 22.9 Å². The molecule has 158 valence electrons. The van der Waals surface area contributed by atoms with E-state index in [4.69, 9.17) is 0 Å². The Kier molecular flexibility index (Phi) is 4.96. The first-order chi connectivity index (χ1) is 14.3. The molecular weight excluding hydrogens is 393 g/mol. The monoisotopic (exact) mass is 415 g/mol. The molecule has 4 amide bonds. The van der Waals surface area contributed by atoms with Crippen molar-refractivity contribution in [3.63, 3.8) is 0 Å². The maximum absolute atomic E-state index is 14.2. The molecule has 2 fully saturated rings. The number of hydrogen-bond acceptors (Lipinski definition) is 6. The molecule has 0 radical (unpaired) electrons. The lowest BCUT2D eigenvalue weighted by atomic mass is 9.73. The highest BCUT2D eigenvalue weighted by Crippen LogP contribution is 2.38. The summed E-state index contributed by atoms with van der Waals surface area (Å²) in [6.45, 7) is 3.12. The first-order valence-electron chi connectivity index (χ1n) is 9.81. The Hall–Kier alpha value is -3.37. The van der Waals surface area contributed by atoms with Gasteiger partial charge in [-0.1, -0.05) is 19.8 Å². The second kappa shape index (κ2) is 7.47. The number of tetrazole rings is 1. The average Bonchev–Trinajstić information content (AvgIpc) is 3.23. The number of carbonyl (C=O) groups excluding carboxylic acids is 3. The highest BCUT2D eigenvalue weighted by atomic mass is 19.1. The number of aromatic nitrogens is 4. The van der Waals surface area contributed by atoms with Crippen LogP contribution in [0, 0.1) is 18.7 Å². The van der Waals surface area contributed by atoms with Crippen LogP contribution < -0.4 is 10.6 Å². The van der Waals surface area contributed by atoms with E-state index < -0.39 is 35.7 Å². The molecule has 0 bridgehead atoms. The van der Waals surface area contributed by atoms with Gasteiger partial charge in [0.25, 0.3) is 5.91 Å². The van der Waals surface area contributed by atoms with Crippen LogP contribution in [0.2, 0.25) is 0 Å². The molecule has 4 rings (SSSR count). The van der Waals surface area contributed by atoms with Gasteiger partial charge in [-0.05, 0) is 54.3 Å². The van der Waals surface area contributed by atoms with E-state index in [2.05, 4.69) is 26.2 Å². The summed E-state index contributed by atoms with van der Waals surface area (Å²) in [5, 5.41) is 16.3. The molecule has 1 saturated heterocycles. The topological polar surface area (TPSA) is 122 Å². The predicted molar refractivity (Wildman–Crippen MR) is 103 cm³/mol. The van der Waals surface area contributed by atoms with Crippen molar-refractivity contribution >= 4 is 23.5 Å². The smallest absolute Gasteiger partial charge is 0.323 e. The molecule has 1 saturated carbocycles. The summed E-state index contributed by atoms with van der Waals surface area (Å²) in [4.78, 5) is 38.8. The van der Waals surface area contributed by atoms with Crippen LogP contribution in [0.3, 0.4) is 0 Å². The molecule has 1 aromatic heterocycles. The fraction of sp³-hybridized carbons (Fsp3) is 0.474. The molecule has 2 heterocycles. The fourth-order valence-corrected chi connectivity index (χ4v) is 4.18. The molecule has 1 aromatic carbocycles. The van der Waals surface area contributed by atoms with Gasteiger partial charge in [-0.25, -0.2) is 9.18 Å². The Morgan fingerprint density at radius 1 is 1.37 bits per heavy atom. The summed E-state index contributed by atoms with van der Waals surface area (Å²) in [6.07, 6.45) is 3.23. The third-order valence-electron chi connectivity index (χ3n) is 5.90. The standard InChI is InChI=1S/C19H22FN7O3/c1-11-5-3-4-8-19(11)17(29)26(18(30)22-19)10-16(28)21-15-9-13(6-7-14(15)20)27-12(2)23-24-25-27/h6-7,9,11H,3-5,8,10H2,1-2H3,(H,21,28)(H,22,30). The number of halogens is 1. The zero-order chi connectivity index (χ0) is 21.5. The van der Waals surface area contributed by atoms with Gasteiger partial charge in [-0.15, -0.1) is 5.10 Å². The summed E-state index contributed by atoms with van der Waals surface area (Å²) in [5.41, 5.74) is -0.585. The Labute approximate surface area is 171 Å². The number of carbonyl (C=O) groups is 3. The minimum Gasteiger partial charge on any atom is -0.323 e. The predicted octanol–water partition coefficient (Wildman–Crippen LogP) is 1.55. The molecule has 11 heteroatoms. The van der Waals surface area contributed by atoms with Gasteiger partial charge < -0.3 is 10.6 Å². The molecule has 1 aliphatic heterocycles. The molecule has 2 aromatic rings. The normalized spacial score (nSPS) is 23.7. The average molecular weight is 415 g/mol. The van der Waals surface area contributed by atoms with Crippen LogP contribution in [0.5, 0.6) is 0 Å². The highest BCUT2D eigenvalue weighted by Gasteiger charge is 2.55. The molecule has 2 aliphatic rings. The summed E-state index contributed by atoms with van der Waals surface area (Å²) < 4.78 is 15.6. The van der Waals surface area contributed by atoms with Crippen LogP contribution in [0.15, 0.2) is 18.2 Å². The number of rotatable bonds is 4. The first kappa shape index (κ1) is 19.9. The maximum atomic E-state index is 14.2. The van der Waals surface area contributed by atoms with Crippen molar-refractivity contribution in [1.29, 1.82) is 0 Å². The van der Waals surface area contributed by atoms with Crippen molar-refractivity contribution in [2.45, 2.75) is 45.1 Å². The summed E-state index contributed by atoms with van der Waals surface area (Å²) in [7, 11) is 0. The Balaban J connectivity index is 1.49. The zero-order valence-corrected chi connectivity index (χ0v) is 16.7. The Morgan fingerprint density at radius 3 is 2.87 bits per heavy atom. The number of nitrogens with zero attached hydrogens (tertiary/aromatic N) is 5. The van der Waals surface area contributed by atoms with Crippen molar-refractivity contribution in [1.82, 2.24) is 30.4 Å². The third-order valence-corrected chi connectivity index (χ3v) is 5.90. The van der Waals surface area contributed by atoms with E-state index in [9.17, 15) is 18.8 Å². The molecule has 1 spiro atoms. The van der Waals surface area contributed by atoms with Crippen molar-refractivity contribution in [2.24, 2.45) is 5.92 Å². The van der Waals surface area contributed by atoms with Crippen LogP contribution >= 0.6 is 0 Å². The quantitative estimate of drug-likeness (QED) is 0.731. The molecule has 30 heavy (non-hydrogen) atoms. The summed E-state index contributed by atoms with van der Waals surface area (Å²) >= 11 is 0. The lowest BCUT2D eigenvalue weighted by Gasteiger charge is -2.36. The second-order valence-corrected chi connectivity index (χ2v) is 7.79. The highest BCUT2D eigenvalue weighted by molar-refractivity contribution is 6.10. The van der Waals surface area contributed by atoms with Gasteiger partial charge in [0.15, 0.2) is 5.82 Å². The van der Waals surface area contributed by atoms with Gasteiger partial charge in [0.1, 0.15) is 17.9 Å². The number of anilines is 1. The molecule has 10 nitrogen and oxygen atoms in total. The van der Waals surface area contributed by atoms with E-state index in [-0.39, 0.29) is 11.6 Å². The largest absolute Gasteiger partial charge is 0.325 e. The Morgan fingerprint density at radius 2 is 2.17 bits per heavy atom. The van der Waals surface area contributed by atoms with Crippen LogP contribution in [0.1, 0.15) is 38.4 Å². The molecule has 2 unspecified atom stereocenters. The van der Waals surface area contributed by atoms with E-state index in [1.54, 1.807) is 6.92 Å². The van der Waals surface area contributed by atoms with Crippen molar-refractivity contribution < 1.29 is 18.8 Å². The van der Waals surface area contributed by atoms with Crippen LogP contribution in [-0.2, 0) is 9.59 Å². The van der Waals surface area contributed by atoms with Crippen molar-refractivity contribution in [3.05, 3.63) is 29.8 Å². The number of imide groups is 1. The van der Waals surface area contributed by atoms with Gasteiger partial charge in [-0.3, -0.25) is 14.5 Å². The van der Waals surface area contributed by atoms with Crippen molar-refractivity contribution in [3.8, 4) is 5.69 Å². The van der Waals surface area contributed by atoms with E-state index in [0.29, 0.717) is 17.9 Å². The van der Waals surface area contributed by atoms with Gasteiger partial charge in [0, 0.05) is 0 Å². The molecule has 2 atom stereocenters. The fourth-order valence-electron chi connectivity index (χ4n) is 4.18. The van der Waals surface area contributed by atoms with Crippen LogP contribution in [0.4, 0.5) is 14.9 Å². The number of benzene rings is 1. The number of amides is 4. The number of hydrogen-bond donors (Lipinski definition) is 2. The summed E-state index contributed by atoms with van der Waals surface area (Å²) in [5.74, 6) is -1.25. The van der Waals surface area contributed by atoms with E-state index in [1.807, 2.05) is 6.92 Å². The van der Waals surface area contributed by atoms with Gasteiger partial charge in [0.2, 0.25) is 5.91 Å². The Bertz CT molecular complexity index is 1020. The minimum atomic E-state index is -0.946. The zero-order valence-electron chi connectivity index (χ0n) is 16.7. The maximum Gasteiger partial charge on any atom is 0.325 e. The minimum absolute atomic E-state index is 0.00980. The summed E-state index contributed by atoms with van der Waals surface area (Å²) in [6, 6.07) is 3.44. The first-order valence-corrected chi connectivity index (χ1v) is 9.81. The lowest BCUT2D eigenvalue weighted by Crippen LogP contribution is -2.54.